The van der Waals surface area contributed by atoms with E-state index in [2.05, 4.69) is 8.37 Å². The second kappa shape index (κ2) is 5.51. The van der Waals surface area contributed by atoms with Gasteiger partial charge in [0.25, 0.3) is 0 Å². The van der Waals surface area contributed by atoms with Crippen molar-refractivity contribution in [1.29, 1.82) is 0 Å². The summed E-state index contributed by atoms with van der Waals surface area (Å²) in [4.78, 5) is 0. The minimum absolute atomic E-state index is 0.116. The molecule has 0 saturated heterocycles. The molecule has 6 nitrogen and oxygen atoms in total. The summed E-state index contributed by atoms with van der Waals surface area (Å²) in [6.07, 6.45) is -2.64. The van der Waals surface area contributed by atoms with Crippen molar-refractivity contribution in [1.82, 2.24) is 0 Å². The van der Waals surface area contributed by atoms with Gasteiger partial charge in [-0.15, -0.1) is 0 Å². The maximum atomic E-state index is 10.8. The molecule has 2 N–H and O–H groups in total. The molecule has 0 aromatic heterocycles. The van der Waals surface area contributed by atoms with E-state index in [-0.39, 0.29) is 12.8 Å². The van der Waals surface area contributed by atoms with E-state index in [1.165, 1.54) is 13.8 Å². The summed E-state index contributed by atoms with van der Waals surface area (Å²) < 4.78 is 29.8. The molecule has 7 heteroatoms. The van der Waals surface area contributed by atoms with Crippen molar-refractivity contribution >= 4 is 10.4 Å². The van der Waals surface area contributed by atoms with Crippen LogP contribution in [0.3, 0.4) is 0 Å². The SMILES string of the molecule is CCC(O)OS(=O)(=O)OC(O)CC. The first-order valence-electron chi connectivity index (χ1n) is 3.89. The van der Waals surface area contributed by atoms with Crippen LogP contribution < -0.4 is 0 Å². The fourth-order valence-electron chi connectivity index (χ4n) is 0.431. The zero-order chi connectivity index (χ0) is 10.5. The maximum Gasteiger partial charge on any atom is 0.404 e. The van der Waals surface area contributed by atoms with Crippen LogP contribution in [0.25, 0.3) is 0 Å². The minimum atomic E-state index is -4.30. The molecule has 0 heterocycles. The minimum Gasteiger partial charge on any atom is -0.367 e. The van der Waals surface area contributed by atoms with Crippen LogP contribution in [-0.4, -0.2) is 31.2 Å². The normalized spacial score (nSPS) is 16.9. The highest BCUT2D eigenvalue weighted by Gasteiger charge is 2.20. The number of aliphatic hydroxyl groups is 2. The highest BCUT2D eigenvalue weighted by Crippen LogP contribution is 2.06. The molecule has 0 rings (SSSR count). The Hall–Kier alpha value is -0.210. The molecule has 0 aliphatic heterocycles. The molecule has 0 radical (unpaired) electrons. The Bertz CT molecular complexity index is 205. The molecule has 0 aliphatic rings. The van der Waals surface area contributed by atoms with Crippen LogP contribution in [0.1, 0.15) is 26.7 Å². The molecule has 0 aromatic rings. The summed E-state index contributed by atoms with van der Waals surface area (Å²) >= 11 is 0. The third-order valence-electron chi connectivity index (χ3n) is 1.16. The fourth-order valence-corrected chi connectivity index (χ4v) is 1.29. The summed E-state index contributed by atoms with van der Waals surface area (Å²) in [6.45, 7) is 3.08. The standard InChI is InChI=1S/C6H14O6S/c1-3-5(7)11-13(9,10)12-6(8)4-2/h5-8H,3-4H2,1-2H3. The smallest absolute Gasteiger partial charge is 0.367 e. The predicted molar refractivity (Wildman–Crippen MR) is 43.7 cm³/mol. The van der Waals surface area contributed by atoms with Gasteiger partial charge < -0.3 is 10.2 Å². The van der Waals surface area contributed by atoms with Gasteiger partial charge in [-0.25, -0.2) is 8.37 Å². The van der Waals surface area contributed by atoms with Crippen LogP contribution in [0.2, 0.25) is 0 Å². The van der Waals surface area contributed by atoms with Crippen LogP contribution >= 0.6 is 0 Å². The van der Waals surface area contributed by atoms with E-state index in [0.717, 1.165) is 0 Å². The molecule has 0 bridgehead atoms. The molecule has 0 aliphatic carbocycles. The molecule has 0 amide bonds. The van der Waals surface area contributed by atoms with Gasteiger partial charge in [-0.3, -0.25) is 0 Å². The molecule has 0 saturated carbocycles. The highest BCUT2D eigenvalue weighted by molar-refractivity contribution is 7.81. The van der Waals surface area contributed by atoms with E-state index in [9.17, 15) is 8.42 Å². The van der Waals surface area contributed by atoms with E-state index in [4.69, 9.17) is 10.2 Å². The average Bonchev–Trinajstić information content (AvgIpc) is 2.02. The first-order chi connectivity index (χ1) is 5.91. The fraction of sp³-hybridized carbons (Fsp3) is 1.00. The Morgan fingerprint density at radius 3 is 1.62 bits per heavy atom. The molecule has 0 spiro atoms. The average molecular weight is 214 g/mol. The Morgan fingerprint density at radius 1 is 1.08 bits per heavy atom. The number of rotatable bonds is 6. The largest absolute Gasteiger partial charge is 0.404 e. The molecule has 2 unspecified atom stereocenters. The van der Waals surface area contributed by atoms with Gasteiger partial charge in [0.2, 0.25) is 0 Å². The first-order valence-corrected chi connectivity index (χ1v) is 5.22. The van der Waals surface area contributed by atoms with Crippen molar-refractivity contribution in [2.45, 2.75) is 39.3 Å². The number of hydrogen-bond donors (Lipinski definition) is 2. The highest BCUT2D eigenvalue weighted by atomic mass is 32.3. The van der Waals surface area contributed by atoms with Crippen LogP contribution in [0.15, 0.2) is 0 Å². The Labute approximate surface area is 77.4 Å². The third kappa shape index (κ3) is 5.94. The predicted octanol–water partition coefficient (Wildman–Crippen LogP) is -0.279. The van der Waals surface area contributed by atoms with Gasteiger partial charge in [-0.2, -0.15) is 8.42 Å². The van der Waals surface area contributed by atoms with Gasteiger partial charge in [0.05, 0.1) is 0 Å². The van der Waals surface area contributed by atoms with Crippen molar-refractivity contribution in [2.75, 3.05) is 0 Å². The van der Waals surface area contributed by atoms with Gasteiger partial charge in [0.1, 0.15) is 0 Å². The van der Waals surface area contributed by atoms with E-state index in [0.29, 0.717) is 0 Å². The lowest BCUT2D eigenvalue weighted by Gasteiger charge is -2.12. The Balaban J connectivity index is 4.09. The molecule has 80 valence electrons. The summed E-state index contributed by atoms with van der Waals surface area (Å²) in [5, 5.41) is 17.6. The summed E-state index contributed by atoms with van der Waals surface area (Å²) in [7, 11) is -4.30. The van der Waals surface area contributed by atoms with Crippen molar-refractivity contribution < 1.29 is 27.0 Å². The summed E-state index contributed by atoms with van der Waals surface area (Å²) in [5.74, 6) is 0. The maximum absolute atomic E-state index is 10.8. The molecule has 0 aromatic carbocycles. The number of aliphatic hydroxyl groups excluding tert-OH is 2. The van der Waals surface area contributed by atoms with Gasteiger partial charge in [-0.1, -0.05) is 13.8 Å². The van der Waals surface area contributed by atoms with Crippen LogP contribution in [0.4, 0.5) is 0 Å². The van der Waals surface area contributed by atoms with E-state index < -0.39 is 23.0 Å². The van der Waals surface area contributed by atoms with Crippen LogP contribution in [-0.2, 0) is 18.8 Å². The second-order valence-electron chi connectivity index (χ2n) is 2.33. The summed E-state index contributed by atoms with van der Waals surface area (Å²) in [6, 6.07) is 0. The molecule has 2 atom stereocenters. The van der Waals surface area contributed by atoms with E-state index in [1.54, 1.807) is 0 Å². The van der Waals surface area contributed by atoms with Crippen molar-refractivity contribution in [2.24, 2.45) is 0 Å². The van der Waals surface area contributed by atoms with Gasteiger partial charge in [0, 0.05) is 0 Å². The van der Waals surface area contributed by atoms with Crippen LogP contribution in [0, 0.1) is 0 Å². The van der Waals surface area contributed by atoms with Crippen molar-refractivity contribution in [3.63, 3.8) is 0 Å². The lowest BCUT2D eigenvalue weighted by molar-refractivity contribution is -0.0613. The van der Waals surface area contributed by atoms with Crippen LogP contribution in [0.5, 0.6) is 0 Å². The van der Waals surface area contributed by atoms with Crippen molar-refractivity contribution in [3.05, 3.63) is 0 Å². The quantitative estimate of drug-likeness (QED) is 0.591. The second-order valence-corrected chi connectivity index (χ2v) is 3.53. The van der Waals surface area contributed by atoms with Crippen molar-refractivity contribution in [3.8, 4) is 0 Å². The monoisotopic (exact) mass is 214 g/mol. The third-order valence-corrected chi connectivity index (χ3v) is 2.07. The molecular formula is C6H14O6S. The molecule has 13 heavy (non-hydrogen) atoms. The Kier molecular flexibility index (Phi) is 5.42. The molecular weight excluding hydrogens is 200 g/mol. The summed E-state index contributed by atoms with van der Waals surface area (Å²) in [5.41, 5.74) is 0. The van der Waals surface area contributed by atoms with Gasteiger partial charge >= 0.3 is 10.4 Å². The lowest BCUT2D eigenvalue weighted by Crippen LogP contribution is -2.23. The zero-order valence-corrected chi connectivity index (χ0v) is 8.32. The Morgan fingerprint density at radius 2 is 1.38 bits per heavy atom. The topological polar surface area (TPSA) is 93.1 Å². The number of hydrogen-bond acceptors (Lipinski definition) is 6. The van der Waals surface area contributed by atoms with Gasteiger partial charge in [-0.05, 0) is 12.8 Å². The van der Waals surface area contributed by atoms with E-state index >= 15 is 0 Å². The lowest BCUT2D eigenvalue weighted by atomic mass is 10.5. The van der Waals surface area contributed by atoms with Gasteiger partial charge in [0.15, 0.2) is 12.6 Å². The molecule has 0 fully saturated rings. The zero-order valence-electron chi connectivity index (χ0n) is 7.50. The van der Waals surface area contributed by atoms with E-state index in [1.807, 2.05) is 0 Å². The first kappa shape index (κ1) is 12.8.